The van der Waals surface area contributed by atoms with Gasteiger partial charge < -0.3 is 15.2 Å². The van der Waals surface area contributed by atoms with E-state index in [1.54, 1.807) is 6.33 Å². The fourth-order valence-corrected chi connectivity index (χ4v) is 5.02. The molecule has 1 saturated carbocycles. The molecule has 30 heavy (non-hydrogen) atoms. The number of rotatable bonds is 4. The molecular formula is C22H22FN5O2. The fraction of sp³-hybridized carbons (Fsp3) is 0.364. The second-order valence-electron chi connectivity index (χ2n) is 8.29. The Bertz CT molecular complexity index is 1110. The van der Waals surface area contributed by atoms with Crippen LogP contribution in [0.3, 0.4) is 0 Å². The summed E-state index contributed by atoms with van der Waals surface area (Å²) in [5, 5.41) is 2.97. The number of likely N-dealkylation sites (tertiary alicyclic amines) is 1. The molecule has 1 saturated heterocycles. The molecule has 3 heterocycles. The highest BCUT2D eigenvalue weighted by molar-refractivity contribution is 6.04. The Morgan fingerprint density at radius 1 is 1.27 bits per heavy atom. The van der Waals surface area contributed by atoms with Crippen molar-refractivity contribution in [2.45, 2.75) is 19.3 Å². The van der Waals surface area contributed by atoms with E-state index in [2.05, 4.69) is 20.3 Å². The number of carbonyl (C=O) groups is 2. The minimum Gasteiger partial charge on any atom is -0.350 e. The van der Waals surface area contributed by atoms with Gasteiger partial charge in [0.1, 0.15) is 17.0 Å². The number of pyridine rings is 1. The molecular weight excluding hydrogens is 385 g/mol. The van der Waals surface area contributed by atoms with E-state index < -0.39 is 5.82 Å². The number of nitrogens with one attached hydrogen (secondary N) is 2. The molecule has 2 amide bonds. The summed E-state index contributed by atoms with van der Waals surface area (Å²) in [5.41, 5.74) is 2.19. The van der Waals surface area contributed by atoms with Gasteiger partial charge in [0, 0.05) is 25.0 Å². The summed E-state index contributed by atoms with van der Waals surface area (Å²) in [6, 6.07) is 8.18. The van der Waals surface area contributed by atoms with E-state index in [1.807, 2.05) is 23.1 Å². The van der Waals surface area contributed by atoms with Crippen molar-refractivity contribution in [2.24, 2.45) is 11.3 Å². The number of aromatic nitrogens is 3. The largest absolute Gasteiger partial charge is 0.350 e. The van der Waals surface area contributed by atoms with Crippen LogP contribution in [0, 0.1) is 17.2 Å². The summed E-state index contributed by atoms with van der Waals surface area (Å²) in [6.45, 7) is 1.77. The predicted molar refractivity (Wildman–Crippen MR) is 108 cm³/mol. The van der Waals surface area contributed by atoms with Crippen LogP contribution in [-0.2, 0) is 0 Å². The molecule has 5 rings (SSSR count). The number of imidazole rings is 1. The number of aromatic amines is 1. The number of carbonyl (C=O) groups excluding carboxylic acids is 2. The second kappa shape index (κ2) is 7.19. The second-order valence-corrected chi connectivity index (χ2v) is 8.29. The lowest BCUT2D eigenvalue weighted by molar-refractivity contribution is 0.0769. The Balaban J connectivity index is 1.32. The van der Waals surface area contributed by atoms with E-state index in [-0.39, 0.29) is 22.9 Å². The highest BCUT2D eigenvalue weighted by Crippen LogP contribution is 2.48. The summed E-state index contributed by atoms with van der Waals surface area (Å²) in [4.78, 5) is 38.8. The quantitative estimate of drug-likeness (QED) is 0.696. The normalized spacial score (nSPS) is 23.0. The van der Waals surface area contributed by atoms with Crippen molar-refractivity contribution in [1.29, 1.82) is 0 Å². The molecule has 3 aromatic rings. The molecule has 1 aliphatic heterocycles. The molecule has 8 heteroatoms. The Morgan fingerprint density at radius 3 is 3.00 bits per heavy atom. The van der Waals surface area contributed by atoms with Gasteiger partial charge in [-0.05, 0) is 43.0 Å². The zero-order chi connectivity index (χ0) is 20.7. The van der Waals surface area contributed by atoms with Crippen LogP contribution in [0.25, 0.3) is 11.0 Å². The SMILES string of the molecule is O=C(NC[C@]12CCC[C@H]1CN(C(=O)c1cccc3[nH]cnc13)C2)c1ccc(F)cn1. The lowest BCUT2D eigenvalue weighted by Crippen LogP contribution is -2.41. The van der Waals surface area contributed by atoms with Gasteiger partial charge >= 0.3 is 0 Å². The maximum atomic E-state index is 13.3. The van der Waals surface area contributed by atoms with Crippen molar-refractivity contribution in [2.75, 3.05) is 19.6 Å². The third-order valence-electron chi connectivity index (χ3n) is 6.57. The number of hydrogen-bond acceptors (Lipinski definition) is 4. The van der Waals surface area contributed by atoms with Gasteiger partial charge in [0.05, 0.1) is 23.6 Å². The number of nitrogens with zero attached hydrogens (tertiary/aromatic N) is 3. The summed E-state index contributed by atoms with van der Waals surface area (Å²) >= 11 is 0. The third-order valence-corrected chi connectivity index (χ3v) is 6.57. The molecule has 0 spiro atoms. The average Bonchev–Trinajstić information content (AvgIpc) is 3.45. The van der Waals surface area contributed by atoms with Crippen LogP contribution >= 0.6 is 0 Å². The minimum atomic E-state index is -0.474. The lowest BCUT2D eigenvalue weighted by Gasteiger charge is -2.29. The predicted octanol–water partition coefficient (Wildman–Crippen LogP) is 2.77. The van der Waals surface area contributed by atoms with Gasteiger partial charge in [-0.2, -0.15) is 0 Å². The smallest absolute Gasteiger partial charge is 0.269 e. The molecule has 2 fully saturated rings. The topological polar surface area (TPSA) is 91.0 Å². The van der Waals surface area contributed by atoms with Crippen LogP contribution in [0.1, 0.15) is 40.1 Å². The summed E-state index contributed by atoms with van der Waals surface area (Å²) in [5.74, 6) is -0.465. The van der Waals surface area contributed by atoms with Crippen LogP contribution in [0.5, 0.6) is 0 Å². The standard InChI is InChI=1S/C22H22FN5O2/c23-15-6-7-18(24-9-15)20(29)25-11-22-8-2-3-14(22)10-28(12-22)21(30)16-4-1-5-17-19(16)27-13-26-17/h1,4-7,9,13-14H,2-3,8,10-12H2,(H,25,29)(H,26,27)/t14-,22-/m0/s1. The van der Waals surface area contributed by atoms with Crippen molar-refractivity contribution in [3.63, 3.8) is 0 Å². The molecule has 2 aromatic heterocycles. The molecule has 2 aliphatic rings. The van der Waals surface area contributed by atoms with Crippen LogP contribution < -0.4 is 5.32 Å². The number of para-hydroxylation sites is 1. The van der Waals surface area contributed by atoms with Gasteiger partial charge in [-0.25, -0.2) is 14.4 Å². The highest BCUT2D eigenvalue weighted by Gasteiger charge is 2.50. The number of amides is 2. The van der Waals surface area contributed by atoms with E-state index in [1.165, 1.54) is 12.1 Å². The number of benzene rings is 1. The third kappa shape index (κ3) is 3.12. The zero-order valence-corrected chi connectivity index (χ0v) is 16.4. The van der Waals surface area contributed by atoms with Gasteiger partial charge in [-0.3, -0.25) is 9.59 Å². The van der Waals surface area contributed by atoms with E-state index >= 15 is 0 Å². The van der Waals surface area contributed by atoms with E-state index in [9.17, 15) is 14.0 Å². The Kier molecular flexibility index (Phi) is 4.49. The maximum absolute atomic E-state index is 13.3. The van der Waals surface area contributed by atoms with Gasteiger partial charge in [0.25, 0.3) is 11.8 Å². The summed E-state index contributed by atoms with van der Waals surface area (Å²) in [6.07, 6.45) is 5.73. The van der Waals surface area contributed by atoms with Gasteiger partial charge in [0.15, 0.2) is 0 Å². The van der Waals surface area contributed by atoms with Crippen LogP contribution in [0.4, 0.5) is 4.39 Å². The van der Waals surface area contributed by atoms with Crippen LogP contribution in [0.15, 0.2) is 42.9 Å². The molecule has 154 valence electrons. The molecule has 1 aliphatic carbocycles. The first-order valence-corrected chi connectivity index (χ1v) is 10.2. The Labute approximate surface area is 172 Å². The molecule has 1 aromatic carbocycles. The molecule has 7 nitrogen and oxygen atoms in total. The number of halogens is 1. The molecule has 2 atom stereocenters. The van der Waals surface area contributed by atoms with Crippen molar-refractivity contribution in [1.82, 2.24) is 25.2 Å². The van der Waals surface area contributed by atoms with Gasteiger partial charge in [-0.15, -0.1) is 0 Å². The first-order chi connectivity index (χ1) is 14.6. The number of hydrogen-bond donors (Lipinski definition) is 2. The molecule has 0 unspecified atom stereocenters. The monoisotopic (exact) mass is 407 g/mol. The highest BCUT2D eigenvalue weighted by atomic mass is 19.1. The van der Waals surface area contributed by atoms with Crippen molar-refractivity contribution in [3.05, 3.63) is 59.9 Å². The first-order valence-electron chi connectivity index (χ1n) is 10.2. The number of fused-ring (bicyclic) bond motifs is 2. The summed E-state index contributed by atoms with van der Waals surface area (Å²) < 4.78 is 13.1. The number of H-pyrrole nitrogens is 1. The van der Waals surface area contributed by atoms with Crippen molar-refractivity contribution >= 4 is 22.8 Å². The van der Waals surface area contributed by atoms with Crippen molar-refractivity contribution < 1.29 is 14.0 Å². The van der Waals surface area contributed by atoms with Crippen LogP contribution in [-0.4, -0.2) is 51.3 Å². The zero-order valence-electron chi connectivity index (χ0n) is 16.4. The molecule has 0 radical (unpaired) electrons. The molecule has 0 bridgehead atoms. The Morgan fingerprint density at radius 2 is 2.17 bits per heavy atom. The lowest BCUT2D eigenvalue weighted by atomic mass is 9.80. The van der Waals surface area contributed by atoms with Crippen molar-refractivity contribution in [3.8, 4) is 0 Å². The van der Waals surface area contributed by atoms with E-state index in [0.717, 1.165) is 31.0 Å². The fourth-order valence-electron chi connectivity index (χ4n) is 5.02. The van der Waals surface area contributed by atoms with E-state index in [4.69, 9.17) is 0 Å². The van der Waals surface area contributed by atoms with Crippen LogP contribution in [0.2, 0.25) is 0 Å². The average molecular weight is 407 g/mol. The van der Waals surface area contributed by atoms with Gasteiger partial charge in [-0.1, -0.05) is 12.5 Å². The van der Waals surface area contributed by atoms with E-state index in [0.29, 0.717) is 36.6 Å². The first kappa shape index (κ1) is 18.7. The van der Waals surface area contributed by atoms with Gasteiger partial charge in [0.2, 0.25) is 0 Å². The minimum absolute atomic E-state index is 0.0204. The Hall–Kier alpha value is -3.29. The maximum Gasteiger partial charge on any atom is 0.269 e. The summed E-state index contributed by atoms with van der Waals surface area (Å²) in [7, 11) is 0. The molecule has 2 N–H and O–H groups in total.